The van der Waals surface area contributed by atoms with E-state index >= 15 is 0 Å². The van der Waals surface area contributed by atoms with Crippen LogP contribution in [0.4, 0.5) is 0 Å². The number of ether oxygens (including phenoxy) is 3. The molecule has 8 heteroatoms. The monoisotopic (exact) mass is 453 g/mol. The number of piperidine rings is 1. The normalized spacial score (nSPS) is 17.5. The van der Waals surface area contributed by atoms with Crippen molar-refractivity contribution in [3.05, 3.63) is 51.2 Å². The van der Waals surface area contributed by atoms with E-state index in [2.05, 4.69) is 0 Å². The van der Waals surface area contributed by atoms with Gasteiger partial charge < -0.3 is 24.2 Å². The van der Waals surface area contributed by atoms with Gasteiger partial charge in [0.05, 0.1) is 27.4 Å². The van der Waals surface area contributed by atoms with Crippen molar-refractivity contribution in [3.8, 4) is 28.4 Å². The Labute approximate surface area is 191 Å². The summed E-state index contributed by atoms with van der Waals surface area (Å²) in [7, 11) is 4.59. The van der Waals surface area contributed by atoms with E-state index in [1.807, 2.05) is 11.0 Å². The number of aryl methyl sites for hydroxylation is 1. The second-order valence-corrected chi connectivity index (χ2v) is 8.21. The molecule has 2 aromatic carbocycles. The van der Waals surface area contributed by atoms with Gasteiger partial charge in [-0.1, -0.05) is 0 Å². The lowest BCUT2D eigenvalue weighted by atomic mass is 9.94. The average molecular weight is 453 g/mol. The van der Waals surface area contributed by atoms with Gasteiger partial charge in [0.25, 0.3) is 0 Å². The van der Waals surface area contributed by atoms with Crippen LogP contribution >= 0.6 is 0 Å². The van der Waals surface area contributed by atoms with Crippen LogP contribution in [0.2, 0.25) is 0 Å². The van der Waals surface area contributed by atoms with Crippen molar-refractivity contribution in [2.24, 2.45) is 0 Å². The third-order valence-corrected chi connectivity index (χ3v) is 6.47. The van der Waals surface area contributed by atoms with E-state index in [0.29, 0.717) is 59.7 Å². The van der Waals surface area contributed by atoms with E-state index in [9.17, 15) is 19.5 Å². The molecule has 1 aliphatic carbocycles. The molecule has 0 aromatic heterocycles. The number of carbonyl (C=O) groups excluding carboxylic acids is 1. The molecule has 2 aliphatic rings. The van der Waals surface area contributed by atoms with Crippen molar-refractivity contribution < 1.29 is 28.9 Å². The molecule has 0 spiro atoms. The number of carbonyl (C=O) groups is 2. The molecule has 33 heavy (non-hydrogen) atoms. The largest absolute Gasteiger partial charge is 0.493 e. The smallest absolute Gasteiger partial charge is 0.339 e. The summed E-state index contributed by atoms with van der Waals surface area (Å²) in [5.74, 6) is 0.0961. The Kier molecular flexibility index (Phi) is 6.26. The van der Waals surface area contributed by atoms with E-state index in [-0.39, 0.29) is 17.5 Å². The Bertz CT molecular complexity index is 1170. The van der Waals surface area contributed by atoms with Crippen LogP contribution in [0.25, 0.3) is 11.1 Å². The van der Waals surface area contributed by atoms with Crippen molar-refractivity contribution in [1.29, 1.82) is 0 Å². The molecular weight excluding hydrogens is 426 g/mol. The second kappa shape index (κ2) is 9.13. The number of carboxylic acid groups (broad SMARTS) is 1. The maximum Gasteiger partial charge on any atom is 0.339 e. The Morgan fingerprint density at radius 2 is 1.76 bits per heavy atom. The van der Waals surface area contributed by atoms with Gasteiger partial charge in [-0.3, -0.25) is 9.59 Å². The third kappa shape index (κ3) is 3.90. The lowest BCUT2D eigenvalue weighted by Gasteiger charge is -2.35. The zero-order chi connectivity index (χ0) is 23.7. The van der Waals surface area contributed by atoms with Crippen molar-refractivity contribution in [2.75, 3.05) is 27.9 Å². The summed E-state index contributed by atoms with van der Waals surface area (Å²) in [5.41, 5.74) is 1.97. The fourth-order valence-electron chi connectivity index (χ4n) is 4.95. The van der Waals surface area contributed by atoms with Crippen LogP contribution in [0, 0.1) is 0 Å². The Morgan fingerprint density at radius 3 is 2.39 bits per heavy atom. The highest BCUT2D eigenvalue weighted by Gasteiger charge is 2.34. The van der Waals surface area contributed by atoms with Gasteiger partial charge in [0, 0.05) is 18.5 Å². The topological polar surface area (TPSA) is 102 Å². The minimum absolute atomic E-state index is 0.0380. The van der Waals surface area contributed by atoms with Gasteiger partial charge in [0.15, 0.2) is 16.9 Å². The summed E-state index contributed by atoms with van der Waals surface area (Å²) in [5, 5.41) is 9.70. The maximum atomic E-state index is 12.9. The number of hydrogen-bond donors (Lipinski definition) is 1. The molecule has 1 fully saturated rings. The van der Waals surface area contributed by atoms with Gasteiger partial charge in [0.1, 0.15) is 5.56 Å². The molecule has 1 N–H and O–H groups in total. The summed E-state index contributed by atoms with van der Waals surface area (Å²) < 4.78 is 16.9. The van der Waals surface area contributed by atoms with Gasteiger partial charge in [-0.2, -0.15) is 0 Å². The van der Waals surface area contributed by atoms with Crippen LogP contribution in [0.1, 0.15) is 53.2 Å². The standard InChI is InChI=1S/C25H27NO7/c1-31-20-12-14-7-9-18(26-11-5-4-6-21(26)28)16-13-17(25(29)30)19(27)10-8-15(16)22(14)24(33-3)23(20)32-2/h8,10,12-13,18H,4-7,9,11H2,1-3H3,(H,29,30)/t18-/m0/s1. The summed E-state index contributed by atoms with van der Waals surface area (Å²) in [6.45, 7) is 0.592. The molecule has 2 aromatic rings. The number of rotatable bonds is 5. The van der Waals surface area contributed by atoms with E-state index in [1.54, 1.807) is 13.2 Å². The molecule has 0 saturated carbocycles. The predicted molar refractivity (Wildman–Crippen MR) is 121 cm³/mol. The number of hydrogen-bond acceptors (Lipinski definition) is 6. The Balaban J connectivity index is 2.07. The van der Waals surface area contributed by atoms with E-state index in [1.165, 1.54) is 26.4 Å². The second-order valence-electron chi connectivity index (χ2n) is 8.21. The van der Waals surface area contributed by atoms with Crippen LogP contribution < -0.4 is 19.6 Å². The third-order valence-electron chi connectivity index (χ3n) is 6.47. The summed E-state index contributed by atoms with van der Waals surface area (Å²) in [6.07, 6.45) is 3.35. The number of nitrogens with zero attached hydrogens (tertiary/aromatic N) is 1. The molecule has 174 valence electrons. The minimum atomic E-state index is -1.30. The molecule has 8 nitrogen and oxygen atoms in total. The van der Waals surface area contributed by atoms with Crippen molar-refractivity contribution in [3.63, 3.8) is 0 Å². The van der Waals surface area contributed by atoms with Crippen LogP contribution in [0.3, 0.4) is 0 Å². The van der Waals surface area contributed by atoms with Crippen molar-refractivity contribution in [1.82, 2.24) is 4.90 Å². The molecule has 0 bridgehead atoms. The molecule has 1 saturated heterocycles. The first kappa shape index (κ1) is 22.6. The number of likely N-dealkylation sites (tertiary alicyclic amines) is 1. The van der Waals surface area contributed by atoms with Crippen LogP contribution in [-0.2, 0) is 11.2 Å². The predicted octanol–water partition coefficient (Wildman–Crippen LogP) is 3.44. The van der Waals surface area contributed by atoms with E-state index in [4.69, 9.17) is 14.2 Å². The highest BCUT2D eigenvalue weighted by Crippen LogP contribution is 2.51. The fourth-order valence-corrected chi connectivity index (χ4v) is 4.95. The number of aromatic carboxylic acids is 1. The summed E-state index contributed by atoms with van der Waals surface area (Å²) in [4.78, 5) is 39.2. The summed E-state index contributed by atoms with van der Waals surface area (Å²) >= 11 is 0. The van der Waals surface area contributed by atoms with E-state index in [0.717, 1.165) is 18.4 Å². The first-order chi connectivity index (χ1) is 15.9. The zero-order valence-corrected chi connectivity index (χ0v) is 19.0. The molecule has 1 aliphatic heterocycles. The van der Waals surface area contributed by atoms with Gasteiger partial charge in [-0.15, -0.1) is 0 Å². The van der Waals surface area contributed by atoms with Crippen molar-refractivity contribution >= 4 is 11.9 Å². The molecule has 0 unspecified atom stereocenters. The van der Waals surface area contributed by atoms with E-state index < -0.39 is 11.4 Å². The molecule has 0 radical (unpaired) electrons. The van der Waals surface area contributed by atoms with Gasteiger partial charge in [0.2, 0.25) is 11.7 Å². The van der Waals surface area contributed by atoms with Crippen LogP contribution in [0.15, 0.2) is 29.1 Å². The minimum Gasteiger partial charge on any atom is -0.493 e. The Hall–Kier alpha value is -3.55. The van der Waals surface area contributed by atoms with Crippen molar-refractivity contribution in [2.45, 2.75) is 38.1 Å². The molecule has 1 amide bonds. The fraction of sp³-hybridized carbons (Fsp3) is 0.400. The number of methoxy groups -OCH3 is 3. The maximum absolute atomic E-state index is 12.9. The SMILES string of the molecule is COc1cc2c(c(OC)c1OC)-c1ccc(=O)c(C(=O)O)cc1[C@@H](N1CCCCC1=O)CC2. The van der Waals surface area contributed by atoms with Gasteiger partial charge in [-0.25, -0.2) is 4.79 Å². The zero-order valence-electron chi connectivity index (χ0n) is 19.0. The molecule has 1 atom stereocenters. The highest BCUT2D eigenvalue weighted by molar-refractivity contribution is 5.90. The first-order valence-corrected chi connectivity index (χ1v) is 10.9. The quantitative estimate of drug-likeness (QED) is 0.740. The Morgan fingerprint density at radius 1 is 1.00 bits per heavy atom. The number of carboxylic acids is 1. The van der Waals surface area contributed by atoms with Crippen LogP contribution in [-0.4, -0.2) is 49.8 Å². The summed E-state index contributed by atoms with van der Waals surface area (Å²) in [6, 6.07) is 5.83. The lowest BCUT2D eigenvalue weighted by molar-refractivity contribution is -0.136. The first-order valence-electron chi connectivity index (χ1n) is 10.9. The highest BCUT2D eigenvalue weighted by atomic mass is 16.5. The van der Waals surface area contributed by atoms with Gasteiger partial charge in [-0.05, 0) is 66.6 Å². The van der Waals surface area contributed by atoms with Crippen LogP contribution in [0.5, 0.6) is 17.2 Å². The molecular formula is C25H27NO7. The number of amides is 1. The molecule has 4 rings (SSSR count). The number of benzene rings is 1. The van der Waals surface area contributed by atoms with Gasteiger partial charge >= 0.3 is 5.97 Å². The lowest BCUT2D eigenvalue weighted by Crippen LogP contribution is -2.38. The number of fused-ring (bicyclic) bond motifs is 3. The molecule has 1 heterocycles. The average Bonchev–Trinajstić information content (AvgIpc) is 3.07.